The summed E-state index contributed by atoms with van der Waals surface area (Å²) in [5.74, 6) is -0.623. The molecule has 1 aromatic rings. The monoisotopic (exact) mass is 316 g/mol. The van der Waals surface area contributed by atoms with E-state index < -0.39 is 22.4 Å². The summed E-state index contributed by atoms with van der Waals surface area (Å²) in [4.78, 5) is 2.00. The summed E-state index contributed by atoms with van der Waals surface area (Å²) in [6.07, 6.45) is 1.49. The molecule has 1 fully saturated rings. The first-order valence-electron chi connectivity index (χ1n) is 6.92. The van der Waals surface area contributed by atoms with E-state index in [0.717, 1.165) is 38.1 Å². The standard InChI is InChI=1S/C14H21FN2O3S/c1-16-7-5-13(6-8-16)17(2)21(19,20)14-9-12(15)4-3-11(14)10-18/h3-4,9,13,18H,5-8,10H2,1-2H3. The second kappa shape index (κ2) is 6.39. The zero-order chi connectivity index (χ0) is 15.6. The van der Waals surface area contributed by atoms with Crippen LogP contribution in [0.1, 0.15) is 18.4 Å². The molecule has 5 nitrogen and oxygen atoms in total. The molecule has 1 aromatic carbocycles. The first-order valence-corrected chi connectivity index (χ1v) is 8.36. The van der Waals surface area contributed by atoms with Crippen LogP contribution in [-0.2, 0) is 16.6 Å². The summed E-state index contributed by atoms with van der Waals surface area (Å²) in [7, 11) is -0.280. The number of benzene rings is 1. The quantitative estimate of drug-likeness (QED) is 0.901. The maximum Gasteiger partial charge on any atom is 0.243 e. The summed E-state index contributed by atoms with van der Waals surface area (Å²) >= 11 is 0. The number of hydrogen-bond donors (Lipinski definition) is 1. The average molecular weight is 316 g/mol. The van der Waals surface area contributed by atoms with E-state index in [1.54, 1.807) is 0 Å². The van der Waals surface area contributed by atoms with Gasteiger partial charge in [0.2, 0.25) is 10.0 Å². The van der Waals surface area contributed by atoms with E-state index in [1.165, 1.54) is 17.4 Å². The van der Waals surface area contributed by atoms with Crippen molar-refractivity contribution in [2.75, 3.05) is 27.2 Å². The molecule has 2 rings (SSSR count). The van der Waals surface area contributed by atoms with E-state index in [4.69, 9.17) is 0 Å². The highest BCUT2D eigenvalue weighted by Crippen LogP contribution is 2.25. The molecule has 0 saturated carbocycles. The summed E-state index contributed by atoms with van der Waals surface area (Å²) in [5, 5.41) is 9.29. The lowest BCUT2D eigenvalue weighted by atomic mass is 10.1. The molecule has 21 heavy (non-hydrogen) atoms. The highest BCUT2D eigenvalue weighted by molar-refractivity contribution is 7.89. The Bertz CT molecular complexity index is 598. The van der Waals surface area contributed by atoms with Gasteiger partial charge >= 0.3 is 0 Å². The maximum absolute atomic E-state index is 13.4. The third kappa shape index (κ3) is 3.42. The third-order valence-electron chi connectivity index (χ3n) is 4.06. The molecule has 0 aliphatic carbocycles. The number of rotatable bonds is 4. The van der Waals surface area contributed by atoms with Crippen LogP contribution < -0.4 is 0 Å². The molecule has 0 unspecified atom stereocenters. The molecule has 1 aliphatic rings. The van der Waals surface area contributed by atoms with Gasteiger partial charge in [0.25, 0.3) is 0 Å². The normalized spacial score (nSPS) is 18.3. The summed E-state index contributed by atoms with van der Waals surface area (Å²) in [6.45, 7) is 1.23. The summed E-state index contributed by atoms with van der Waals surface area (Å²) in [6, 6.07) is 3.35. The summed E-state index contributed by atoms with van der Waals surface area (Å²) < 4.78 is 40.1. The second-order valence-electron chi connectivity index (χ2n) is 5.47. The van der Waals surface area contributed by atoms with Crippen molar-refractivity contribution < 1.29 is 17.9 Å². The van der Waals surface area contributed by atoms with Gasteiger partial charge in [-0.25, -0.2) is 12.8 Å². The maximum atomic E-state index is 13.4. The van der Waals surface area contributed by atoms with Crippen molar-refractivity contribution in [3.63, 3.8) is 0 Å². The van der Waals surface area contributed by atoms with Crippen LogP contribution in [0.15, 0.2) is 23.1 Å². The molecule has 0 aromatic heterocycles. The number of hydrogen-bond acceptors (Lipinski definition) is 4. The number of likely N-dealkylation sites (tertiary alicyclic amines) is 1. The van der Waals surface area contributed by atoms with Crippen LogP contribution >= 0.6 is 0 Å². The highest BCUT2D eigenvalue weighted by Gasteiger charge is 2.31. The molecule has 118 valence electrons. The van der Waals surface area contributed by atoms with Gasteiger partial charge in [0.15, 0.2) is 0 Å². The summed E-state index contributed by atoms with van der Waals surface area (Å²) in [5.41, 5.74) is 0.219. The van der Waals surface area contributed by atoms with Crippen molar-refractivity contribution in [2.45, 2.75) is 30.4 Å². The van der Waals surface area contributed by atoms with E-state index in [1.807, 2.05) is 7.05 Å². The Labute approximate surface area is 125 Å². The Balaban J connectivity index is 2.31. The van der Waals surface area contributed by atoms with Gasteiger partial charge in [0, 0.05) is 13.1 Å². The van der Waals surface area contributed by atoms with Crippen LogP contribution in [0.5, 0.6) is 0 Å². The van der Waals surface area contributed by atoms with E-state index in [-0.39, 0.29) is 16.5 Å². The van der Waals surface area contributed by atoms with Gasteiger partial charge in [-0.1, -0.05) is 6.07 Å². The van der Waals surface area contributed by atoms with Crippen LogP contribution in [-0.4, -0.2) is 56.0 Å². The lowest BCUT2D eigenvalue weighted by Gasteiger charge is -2.34. The molecule has 0 amide bonds. The van der Waals surface area contributed by atoms with Crippen molar-refractivity contribution >= 4 is 10.0 Å². The van der Waals surface area contributed by atoms with Crippen LogP contribution in [0.2, 0.25) is 0 Å². The first kappa shape index (κ1) is 16.4. The van der Waals surface area contributed by atoms with E-state index in [9.17, 15) is 17.9 Å². The van der Waals surface area contributed by atoms with Crippen molar-refractivity contribution in [1.29, 1.82) is 0 Å². The van der Waals surface area contributed by atoms with Crippen molar-refractivity contribution in [2.24, 2.45) is 0 Å². The lowest BCUT2D eigenvalue weighted by molar-refractivity contribution is 0.197. The smallest absolute Gasteiger partial charge is 0.243 e. The van der Waals surface area contributed by atoms with Crippen LogP contribution in [0, 0.1) is 5.82 Å². The third-order valence-corrected chi connectivity index (χ3v) is 6.05. The zero-order valence-electron chi connectivity index (χ0n) is 12.3. The van der Waals surface area contributed by atoms with Crippen molar-refractivity contribution in [3.8, 4) is 0 Å². The molecule has 1 aliphatic heterocycles. The van der Waals surface area contributed by atoms with Gasteiger partial charge in [0.1, 0.15) is 5.82 Å². The molecule has 0 bridgehead atoms. The van der Waals surface area contributed by atoms with Gasteiger partial charge in [0.05, 0.1) is 11.5 Å². The van der Waals surface area contributed by atoms with Crippen LogP contribution in [0.4, 0.5) is 4.39 Å². The number of aliphatic hydroxyl groups excluding tert-OH is 1. The van der Waals surface area contributed by atoms with E-state index in [0.29, 0.717) is 0 Å². The van der Waals surface area contributed by atoms with E-state index >= 15 is 0 Å². The van der Waals surface area contributed by atoms with Gasteiger partial charge in [-0.3, -0.25) is 0 Å². The van der Waals surface area contributed by atoms with Gasteiger partial charge in [-0.15, -0.1) is 0 Å². The Kier molecular flexibility index (Phi) is 4.98. The fourth-order valence-corrected chi connectivity index (χ4v) is 4.25. The topological polar surface area (TPSA) is 60.9 Å². The highest BCUT2D eigenvalue weighted by atomic mass is 32.2. The lowest BCUT2D eigenvalue weighted by Crippen LogP contribution is -2.44. The van der Waals surface area contributed by atoms with Gasteiger partial charge in [-0.05, 0) is 50.7 Å². The van der Waals surface area contributed by atoms with Gasteiger partial charge in [-0.2, -0.15) is 4.31 Å². The first-order chi connectivity index (χ1) is 9.86. The molecule has 0 radical (unpaired) electrons. The molecule has 0 spiro atoms. The predicted molar refractivity (Wildman–Crippen MR) is 77.8 cm³/mol. The SMILES string of the molecule is CN1CCC(N(C)S(=O)(=O)c2cc(F)ccc2CO)CC1. The Hall–Kier alpha value is -1.02. The number of sulfonamides is 1. The number of nitrogens with zero attached hydrogens (tertiary/aromatic N) is 2. The Morgan fingerprint density at radius 2 is 2.00 bits per heavy atom. The fourth-order valence-electron chi connectivity index (χ4n) is 2.61. The second-order valence-corrected chi connectivity index (χ2v) is 7.43. The average Bonchev–Trinajstić information content (AvgIpc) is 2.47. The van der Waals surface area contributed by atoms with Crippen molar-refractivity contribution in [3.05, 3.63) is 29.6 Å². The minimum atomic E-state index is -3.81. The zero-order valence-corrected chi connectivity index (χ0v) is 13.1. The van der Waals surface area contributed by atoms with Gasteiger partial charge < -0.3 is 10.0 Å². The molecule has 1 heterocycles. The largest absolute Gasteiger partial charge is 0.392 e. The number of halogens is 1. The van der Waals surface area contributed by atoms with Crippen LogP contribution in [0.3, 0.4) is 0 Å². The molecular weight excluding hydrogens is 295 g/mol. The molecule has 0 atom stereocenters. The molecule has 1 saturated heterocycles. The fraction of sp³-hybridized carbons (Fsp3) is 0.571. The molecule has 1 N–H and O–H groups in total. The number of piperidine rings is 1. The van der Waals surface area contributed by atoms with Crippen LogP contribution in [0.25, 0.3) is 0 Å². The minimum absolute atomic E-state index is 0.0963. The molecule has 7 heteroatoms. The minimum Gasteiger partial charge on any atom is -0.392 e. The Morgan fingerprint density at radius 3 is 2.57 bits per heavy atom. The Morgan fingerprint density at radius 1 is 1.38 bits per heavy atom. The predicted octanol–water partition coefficient (Wildman–Crippen LogP) is 1.03. The number of aliphatic hydroxyl groups is 1. The van der Waals surface area contributed by atoms with Crippen molar-refractivity contribution in [1.82, 2.24) is 9.21 Å². The molecular formula is C14H21FN2O3S. The van der Waals surface area contributed by atoms with E-state index in [2.05, 4.69) is 4.90 Å².